The summed E-state index contributed by atoms with van der Waals surface area (Å²) in [5.41, 5.74) is 6.76. The number of hydrogen-bond donors (Lipinski definition) is 2. The summed E-state index contributed by atoms with van der Waals surface area (Å²) in [6, 6.07) is 6.52. The number of likely N-dealkylation sites (tertiary alicyclic amines) is 1. The lowest BCUT2D eigenvalue weighted by atomic mass is 9.81. The van der Waals surface area contributed by atoms with E-state index in [-0.39, 0.29) is 24.2 Å². The predicted molar refractivity (Wildman–Crippen MR) is 95.9 cm³/mol. The summed E-state index contributed by atoms with van der Waals surface area (Å²) < 4.78 is 0. The zero-order chi connectivity index (χ0) is 17.8. The third-order valence-electron chi connectivity index (χ3n) is 4.84. The van der Waals surface area contributed by atoms with Crippen LogP contribution in [0.15, 0.2) is 30.5 Å². The molecule has 2 amide bonds. The molecule has 0 bridgehead atoms. The molecule has 1 aromatic carbocycles. The van der Waals surface area contributed by atoms with E-state index in [1.807, 2.05) is 0 Å². The highest BCUT2D eigenvalue weighted by Gasteiger charge is 2.52. The fourth-order valence-electron chi connectivity index (χ4n) is 3.56. The Bertz CT molecular complexity index is 918. The van der Waals surface area contributed by atoms with E-state index >= 15 is 0 Å². The van der Waals surface area contributed by atoms with Gasteiger partial charge in [-0.15, -0.1) is 0 Å². The van der Waals surface area contributed by atoms with Crippen molar-refractivity contribution < 1.29 is 9.59 Å². The highest BCUT2D eigenvalue weighted by molar-refractivity contribution is 6.42. The lowest BCUT2D eigenvalue weighted by molar-refractivity contribution is -0.120. The Hall–Kier alpha value is -2.31. The van der Waals surface area contributed by atoms with Gasteiger partial charge in [0, 0.05) is 30.5 Å². The molecular weight excluding hydrogens is 363 g/mol. The van der Waals surface area contributed by atoms with Crippen LogP contribution in [0.3, 0.4) is 0 Å². The van der Waals surface area contributed by atoms with Crippen molar-refractivity contribution in [3.63, 3.8) is 0 Å². The Morgan fingerprint density at radius 2 is 2.04 bits per heavy atom. The van der Waals surface area contributed by atoms with Gasteiger partial charge in [-0.25, -0.2) is 4.98 Å². The molecule has 3 N–H and O–H groups in total. The van der Waals surface area contributed by atoms with E-state index in [9.17, 15) is 9.59 Å². The topological polar surface area (TPSA) is 88.3 Å². The number of benzene rings is 1. The Labute approximate surface area is 153 Å². The van der Waals surface area contributed by atoms with Crippen LogP contribution in [0.4, 0.5) is 11.5 Å². The number of anilines is 2. The molecule has 0 unspecified atom stereocenters. The summed E-state index contributed by atoms with van der Waals surface area (Å²) in [5, 5.41) is 3.63. The van der Waals surface area contributed by atoms with Crippen LogP contribution in [0.25, 0.3) is 0 Å². The maximum absolute atomic E-state index is 12.7. The fourth-order valence-corrected chi connectivity index (χ4v) is 3.89. The SMILES string of the molecule is Nc1cc(C(=O)N2CC[C@]3(C2)C(=O)Nc2cc(Cl)c(Cl)cc23)ccn1. The summed E-state index contributed by atoms with van der Waals surface area (Å²) in [6.07, 6.45) is 2.02. The van der Waals surface area contributed by atoms with Crippen LogP contribution in [0.5, 0.6) is 0 Å². The van der Waals surface area contributed by atoms with Gasteiger partial charge in [-0.05, 0) is 36.2 Å². The molecule has 3 heterocycles. The number of pyridine rings is 1. The first-order valence-corrected chi connectivity index (χ1v) is 8.48. The second kappa shape index (κ2) is 5.61. The Morgan fingerprint density at radius 3 is 2.80 bits per heavy atom. The molecule has 8 heteroatoms. The van der Waals surface area contributed by atoms with Crippen LogP contribution in [0.2, 0.25) is 10.0 Å². The van der Waals surface area contributed by atoms with Crippen LogP contribution >= 0.6 is 23.2 Å². The molecule has 0 aliphatic carbocycles. The summed E-state index contributed by atoms with van der Waals surface area (Å²) in [5.74, 6) is -0.0252. The molecule has 1 fully saturated rings. The number of nitrogen functional groups attached to an aromatic ring is 1. The molecule has 1 aromatic heterocycles. The monoisotopic (exact) mass is 376 g/mol. The van der Waals surface area contributed by atoms with E-state index in [4.69, 9.17) is 28.9 Å². The number of amides is 2. The number of fused-ring (bicyclic) bond motifs is 2. The third-order valence-corrected chi connectivity index (χ3v) is 5.57. The van der Waals surface area contributed by atoms with Gasteiger partial charge in [0.05, 0.1) is 15.5 Å². The Morgan fingerprint density at radius 1 is 1.28 bits per heavy atom. The van der Waals surface area contributed by atoms with Crippen LogP contribution in [0.1, 0.15) is 22.3 Å². The smallest absolute Gasteiger partial charge is 0.254 e. The lowest BCUT2D eigenvalue weighted by Gasteiger charge is -2.23. The normalized spacial score (nSPS) is 21.5. The number of aromatic nitrogens is 1. The second-order valence-corrected chi connectivity index (χ2v) is 7.11. The molecule has 4 rings (SSSR count). The molecule has 0 saturated carbocycles. The van der Waals surface area contributed by atoms with Crippen molar-refractivity contribution >= 4 is 46.5 Å². The standard InChI is InChI=1S/C17H14Cl2N4O2/c18-11-6-10-13(7-12(11)19)22-16(25)17(10)2-4-23(8-17)15(24)9-1-3-21-14(20)5-9/h1,3,5-7H,2,4,8H2,(H2,20,21)(H,22,25)/t17-/m1/s1. The number of rotatable bonds is 1. The highest BCUT2D eigenvalue weighted by Crippen LogP contribution is 2.46. The van der Waals surface area contributed by atoms with Crippen LogP contribution in [-0.4, -0.2) is 34.8 Å². The van der Waals surface area contributed by atoms with Gasteiger partial charge in [0.15, 0.2) is 0 Å². The van der Waals surface area contributed by atoms with Gasteiger partial charge >= 0.3 is 0 Å². The minimum absolute atomic E-state index is 0.134. The summed E-state index contributed by atoms with van der Waals surface area (Å²) in [7, 11) is 0. The highest BCUT2D eigenvalue weighted by atomic mass is 35.5. The maximum Gasteiger partial charge on any atom is 0.254 e. The minimum atomic E-state index is -0.794. The number of nitrogens with two attached hydrogens (primary N) is 1. The molecule has 128 valence electrons. The summed E-state index contributed by atoms with van der Waals surface area (Å²) in [4.78, 5) is 31.0. The molecule has 25 heavy (non-hydrogen) atoms. The fraction of sp³-hybridized carbons (Fsp3) is 0.235. The number of nitrogens with one attached hydrogen (secondary N) is 1. The molecule has 2 aromatic rings. The lowest BCUT2D eigenvalue weighted by Crippen LogP contribution is -2.39. The molecule has 0 radical (unpaired) electrons. The predicted octanol–water partition coefficient (Wildman–Crippen LogP) is 2.71. The average molecular weight is 377 g/mol. The maximum atomic E-state index is 12.7. The van der Waals surface area contributed by atoms with E-state index in [2.05, 4.69) is 10.3 Å². The van der Waals surface area contributed by atoms with Crippen molar-refractivity contribution in [1.82, 2.24) is 9.88 Å². The largest absolute Gasteiger partial charge is 0.384 e. The molecule has 1 spiro atoms. The van der Waals surface area contributed by atoms with Crippen molar-refractivity contribution in [2.24, 2.45) is 0 Å². The van der Waals surface area contributed by atoms with Crippen molar-refractivity contribution in [3.8, 4) is 0 Å². The van der Waals surface area contributed by atoms with Crippen molar-refractivity contribution in [3.05, 3.63) is 51.6 Å². The first-order valence-electron chi connectivity index (χ1n) is 7.72. The minimum Gasteiger partial charge on any atom is -0.384 e. The Kier molecular flexibility index (Phi) is 3.63. The van der Waals surface area contributed by atoms with Gasteiger partial charge < -0.3 is 16.0 Å². The summed E-state index contributed by atoms with van der Waals surface area (Å²) in [6.45, 7) is 0.749. The van der Waals surface area contributed by atoms with Crippen LogP contribution < -0.4 is 11.1 Å². The van der Waals surface area contributed by atoms with E-state index in [1.165, 1.54) is 12.3 Å². The molecule has 2 aliphatic heterocycles. The van der Waals surface area contributed by atoms with E-state index in [1.54, 1.807) is 23.1 Å². The number of carbonyl (C=O) groups is 2. The molecule has 2 aliphatic rings. The van der Waals surface area contributed by atoms with Crippen LogP contribution in [0, 0.1) is 0 Å². The first-order chi connectivity index (χ1) is 11.9. The quantitative estimate of drug-likeness (QED) is 0.800. The molecule has 1 saturated heterocycles. The second-order valence-electron chi connectivity index (χ2n) is 6.29. The van der Waals surface area contributed by atoms with E-state index in [0.717, 1.165) is 5.56 Å². The van der Waals surface area contributed by atoms with Crippen molar-refractivity contribution in [2.75, 3.05) is 24.1 Å². The van der Waals surface area contributed by atoms with Gasteiger partial charge in [-0.2, -0.15) is 0 Å². The van der Waals surface area contributed by atoms with Crippen molar-refractivity contribution in [1.29, 1.82) is 0 Å². The molecule has 1 atom stereocenters. The van der Waals surface area contributed by atoms with Gasteiger partial charge in [0.2, 0.25) is 5.91 Å². The van der Waals surface area contributed by atoms with Gasteiger partial charge in [-0.3, -0.25) is 9.59 Å². The van der Waals surface area contributed by atoms with E-state index < -0.39 is 5.41 Å². The van der Waals surface area contributed by atoms with Gasteiger partial charge in [-0.1, -0.05) is 23.2 Å². The number of carbonyl (C=O) groups excluding carboxylic acids is 2. The first kappa shape index (κ1) is 16.2. The zero-order valence-corrected chi connectivity index (χ0v) is 14.6. The number of hydrogen-bond acceptors (Lipinski definition) is 4. The van der Waals surface area contributed by atoms with Crippen LogP contribution in [-0.2, 0) is 10.2 Å². The number of halogens is 2. The van der Waals surface area contributed by atoms with E-state index in [0.29, 0.717) is 34.3 Å². The Balaban J connectivity index is 1.67. The average Bonchev–Trinajstić information content (AvgIpc) is 3.13. The number of nitrogens with zero attached hydrogens (tertiary/aromatic N) is 2. The molecule has 6 nitrogen and oxygen atoms in total. The zero-order valence-electron chi connectivity index (χ0n) is 13.1. The van der Waals surface area contributed by atoms with Crippen molar-refractivity contribution in [2.45, 2.75) is 11.8 Å². The molecular formula is C17H14Cl2N4O2. The summed E-state index contributed by atoms with van der Waals surface area (Å²) >= 11 is 12.2. The van der Waals surface area contributed by atoms with Gasteiger partial charge in [0.1, 0.15) is 5.82 Å². The third kappa shape index (κ3) is 2.44. The van der Waals surface area contributed by atoms with Gasteiger partial charge in [0.25, 0.3) is 5.91 Å².